The number of pyridine rings is 2. The molecule has 0 radical (unpaired) electrons. The number of rotatable bonds is 7. The third-order valence-corrected chi connectivity index (χ3v) is 7.56. The van der Waals surface area contributed by atoms with Crippen LogP contribution >= 0.6 is 0 Å². The topological polar surface area (TPSA) is 29.0 Å². The van der Waals surface area contributed by atoms with Crippen LogP contribution in [0.3, 0.4) is 0 Å². The Kier molecular flexibility index (Phi) is 9.05. The van der Waals surface area contributed by atoms with Crippen molar-refractivity contribution < 1.29 is 21.1 Å². The molecule has 0 unspecified atom stereocenters. The molecule has 4 aromatic carbocycles. The molecule has 0 spiro atoms. The van der Waals surface area contributed by atoms with Crippen LogP contribution in [0.4, 0.5) is 17.1 Å². The molecule has 0 bridgehead atoms. The summed E-state index contributed by atoms with van der Waals surface area (Å²) in [6.45, 7) is 0. The summed E-state index contributed by atoms with van der Waals surface area (Å²) in [5, 5.41) is 0. The summed E-state index contributed by atoms with van der Waals surface area (Å²) in [6.07, 6.45) is 12.5. The van der Waals surface area contributed by atoms with E-state index in [9.17, 15) is 0 Å². The van der Waals surface area contributed by atoms with Gasteiger partial charge >= 0.3 is 21.1 Å². The summed E-state index contributed by atoms with van der Waals surface area (Å²) >= 11 is 0. The average molecular weight is 747 g/mol. The van der Waals surface area contributed by atoms with Crippen LogP contribution in [0.1, 0.15) is 18.4 Å². The predicted octanol–water partition coefficient (Wildman–Crippen LogP) is 10.3. The number of aromatic nitrogens is 2. The normalized spacial score (nSPS) is 12.2. The van der Waals surface area contributed by atoms with Gasteiger partial charge in [-0.25, -0.2) is 0 Å². The molecule has 0 atom stereocenters. The van der Waals surface area contributed by atoms with Crippen molar-refractivity contribution in [3.8, 4) is 33.6 Å². The van der Waals surface area contributed by atoms with Crippen molar-refractivity contribution in [2.45, 2.75) is 12.8 Å². The number of nitrogens with zero attached hydrogens (tertiary/aromatic N) is 3. The van der Waals surface area contributed by atoms with Crippen molar-refractivity contribution in [3.63, 3.8) is 0 Å². The number of allylic oxidation sites excluding steroid dienone is 4. The average Bonchev–Trinajstić information content (AvgIpc) is 3.10. The molecule has 0 fully saturated rings. The number of hydrogen-bond acceptors (Lipinski definition) is 3. The van der Waals surface area contributed by atoms with Crippen molar-refractivity contribution in [2.24, 2.45) is 0 Å². The van der Waals surface area contributed by atoms with Gasteiger partial charge in [-0.2, -0.15) is 0 Å². The maximum Gasteiger partial charge on any atom is 2.00 e. The van der Waals surface area contributed by atoms with Crippen molar-refractivity contribution in [1.29, 1.82) is 0 Å². The van der Waals surface area contributed by atoms with E-state index in [1.807, 2.05) is 54.9 Å². The van der Waals surface area contributed by atoms with Gasteiger partial charge in [0.15, 0.2) is 0 Å². The fraction of sp³-hybridized carbons (Fsp3) is 0.0500. The molecule has 214 valence electrons. The Hall–Kier alpha value is -4.85. The summed E-state index contributed by atoms with van der Waals surface area (Å²) < 4.78 is 0. The third kappa shape index (κ3) is 6.39. The van der Waals surface area contributed by atoms with E-state index < -0.39 is 0 Å². The summed E-state index contributed by atoms with van der Waals surface area (Å²) in [6, 6.07) is 49.1. The van der Waals surface area contributed by atoms with E-state index in [0.717, 1.165) is 58.0 Å². The van der Waals surface area contributed by atoms with Gasteiger partial charge < -0.3 is 14.9 Å². The monoisotopic (exact) mass is 746 g/mol. The first-order valence-corrected chi connectivity index (χ1v) is 14.6. The molecular weight excluding hydrogens is 718 g/mol. The van der Waals surface area contributed by atoms with Crippen LogP contribution < -0.4 is 4.90 Å². The van der Waals surface area contributed by atoms with E-state index in [-0.39, 0.29) is 21.1 Å². The first kappa shape index (κ1) is 29.2. The van der Waals surface area contributed by atoms with E-state index in [0.29, 0.717) is 0 Å². The molecule has 1 aliphatic carbocycles. The summed E-state index contributed by atoms with van der Waals surface area (Å²) in [5.41, 5.74) is 11.2. The third-order valence-electron chi connectivity index (χ3n) is 7.56. The molecule has 0 saturated carbocycles. The minimum absolute atomic E-state index is 0. The van der Waals surface area contributed by atoms with Gasteiger partial charge in [-0.1, -0.05) is 90.5 Å². The van der Waals surface area contributed by atoms with Gasteiger partial charge in [-0.3, -0.25) is 0 Å². The molecule has 4 heteroatoms. The van der Waals surface area contributed by atoms with Crippen LogP contribution in [0.15, 0.2) is 152 Å². The Balaban J connectivity index is 0.00000343. The largest absolute Gasteiger partial charge is 2.00 e. The van der Waals surface area contributed by atoms with Crippen molar-refractivity contribution in [1.82, 2.24) is 9.97 Å². The first-order chi connectivity index (χ1) is 21.3. The second kappa shape index (κ2) is 13.6. The predicted molar refractivity (Wildman–Crippen MR) is 177 cm³/mol. The van der Waals surface area contributed by atoms with Crippen LogP contribution in [0.2, 0.25) is 0 Å². The maximum absolute atomic E-state index is 4.68. The molecule has 2 heterocycles. The van der Waals surface area contributed by atoms with E-state index in [2.05, 4.69) is 124 Å². The summed E-state index contributed by atoms with van der Waals surface area (Å²) in [4.78, 5) is 11.5. The Labute approximate surface area is 273 Å². The zero-order valence-electron chi connectivity index (χ0n) is 24.0. The molecule has 0 amide bonds. The maximum atomic E-state index is 4.68. The van der Waals surface area contributed by atoms with Crippen molar-refractivity contribution in [2.75, 3.05) is 4.90 Å². The number of hydrogen-bond donors (Lipinski definition) is 0. The molecule has 2 aromatic heterocycles. The Morgan fingerprint density at radius 1 is 0.545 bits per heavy atom. The molecular formula is C40H29N3Pt. The van der Waals surface area contributed by atoms with Crippen molar-refractivity contribution in [3.05, 3.63) is 170 Å². The van der Waals surface area contributed by atoms with Gasteiger partial charge in [0.1, 0.15) is 0 Å². The summed E-state index contributed by atoms with van der Waals surface area (Å²) in [7, 11) is 0. The van der Waals surface area contributed by atoms with Gasteiger partial charge in [0, 0.05) is 18.1 Å². The molecule has 3 nitrogen and oxygen atoms in total. The zero-order chi connectivity index (χ0) is 28.8. The molecule has 1 aliphatic rings. The van der Waals surface area contributed by atoms with Crippen LogP contribution in [-0.4, -0.2) is 9.97 Å². The van der Waals surface area contributed by atoms with Gasteiger partial charge in [0.25, 0.3) is 0 Å². The van der Waals surface area contributed by atoms with Gasteiger partial charge in [-0.15, -0.1) is 53.6 Å². The second-order valence-electron chi connectivity index (χ2n) is 10.4. The Morgan fingerprint density at radius 3 is 1.91 bits per heavy atom. The number of anilines is 3. The Bertz CT molecular complexity index is 1900. The minimum Gasteiger partial charge on any atom is -0.346 e. The van der Waals surface area contributed by atoms with E-state index in [1.165, 1.54) is 16.7 Å². The van der Waals surface area contributed by atoms with Crippen LogP contribution in [0, 0.1) is 12.1 Å². The van der Waals surface area contributed by atoms with Gasteiger partial charge in [-0.05, 0) is 76.6 Å². The molecule has 0 saturated heterocycles. The van der Waals surface area contributed by atoms with Gasteiger partial charge in [0.05, 0.1) is 0 Å². The molecule has 44 heavy (non-hydrogen) atoms. The quantitative estimate of drug-likeness (QED) is 0.152. The molecule has 6 aromatic rings. The first-order valence-electron chi connectivity index (χ1n) is 14.6. The smallest absolute Gasteiger partial charge is 0.346 e. The van der Waals surface area contributed by atoms with E-state index in [1.54, 1.807) is 0 Å². The zero-order valence-corrected chi connectivity index (χ0v) is 26.3. The minimum atomic E-state index is 0. The van der Waals surface area contributed by atoms with Crippen LogP contribution in [0.25, 0.3) is 39.2 Å². The van der Waals surface area contributed by atoms with Crippen LogP contribution in [0.5, 0.6) is 0 Å². The number of benzene rings is 4. The summed E-state index contributed by atoms with van der Waals surface area (Å²) in [5.74, 6) is 0. The Morgan fingerprint density at radius 2 is 1.23 bits per heavy atom. The van der Waals surface area contributed by atoms with E-state index in [4.69, 9.17) is 0 Å². The fourth-order valence-electron chi connectivity index (χ4n) is 5.43. The molecule has 7 rings (SSSR count). The van der Waals surface area contributed by atoms with Crippen molar-refractivity contribution >= 4 is 22.6 Å². The standard InChI is InChI=1S/C40H29N3.Pt/c1-3-12-30(13-4-1)32-20-22-36(23-21-32)43(37-17-11-16-33(27-37)39-18-7-9-24-41-39)38-28-34(31-14-5-2-6-15-31)26-35(29-38)40-19-8-10-25-42-40;/h1,3-5,7-26,28H,2,6H2;/q-2;+2. The molecule has 0 aliphatic heterocycles. The SMILES string of the molecule is [Pt+2].[c-]1c(-c2ccccn2)cccc1N(c1[c-]c(-c2ccccn2)cc(C2=CCCC=C2)c1)c1ccc(-c2ccccc2)cc1. The van der Waals surface area contributed by atoms with Crippen LogP contribution in [-0.2, 0) is 21.1 Å². The fourth-order valence-corrected chi connectivity index (χ4v) is 5.43. The van der Waals surface area contributed by atoms with Gasteiger partial charge in [0.2, 0.25) is 0 Å². The second-order valence-corrected chi connectivity index (χ2v) is 10.4. The van der Waals surface area contributed by atoms with E-state index >= 15 is 0 Å². The molecule has 0 N–H and O–H groups in total.